The molecule has 0 aliphatic heterocycles. The van der Waals surface area contributed by atoms with E-state index in [9.17, 15) is 20.0 Å². The molecular weight excluding hydrogens is 364 g/mol. The quantitative estimate of drug-likeness (QED) is 0.385. The van der Waals surface area contributed by atoms with Crippen molar-refractivity contribution in [3.05, 3.63) is 74.2 Å². The van der Waals surface area contributed by atoms with Crippen LogP contribution in [0.5, 0.6) is 11.5 Å². The summed E-state index contributed by atoms with van der Waals surface area (Å²) in [4.78, 5) is 27.2. The molecule has 0 amide bonds. The van der Waals surface area contributed by atoms with E-state index in [0.717, 1.165) is 6.07 Å². The van der Waals surface area contributed by atoms with E-state index in [1.165, 1.54) is 30.1 Å². The van der Waals surface area contributed by atoms with Crippen LogP contribution in [0.1, 0.15) is 18.2 Å². The third kappa shape index (κ3) is 3.50. The molecule has 3 aromatic rings. The fourth-order valence-corrected chi connectivity index (χ4v) is 2.75. The number of rotatable bonds is 6. The zero-order valence-corrected chi connectivity index (χ0v) is 15.2. The molecule has 0 saturated heterocycles. The Labute approximate surface area is 159 Å². The fraction of sp³-hybridized carbons (Fsp3) is 0.158. The maximum Gasteiger partial charge on any atom is 0.280 e. The summed E-state index contributed by atoms with van der Waals surface area (Å²) < 4.78 is 6.68. The van der Waals surface area contributed by atoms with Crippen LogP contribution in [0.4, 0.5) is 11.4 Å². The molecule has 2 aromatic carbocycles. The molecule has 1 aromatic heterocycles. The Bertz CT molecular complexity index is 1110. The van der Waals surface area contributed by atoms with Crippen LogP contribution >= 0.6 is 0 Å². The van der Waals surface area contributed by atoms with Crippen molar-refractivity contribution in [2.45, 2.75) is 13.3 Å². The standard InChI is InChI=1S/C19H18N4O5/c1-3-14-13(11-20-15-9-8-12(23(26)27)10-17(15)24)19(25)22(21-14)16-6-4-5-7-18(16)28-2/h4-11,21,24H,3H2,1-2H3. The van der Waals surface area contributed by atoms with Gasteiger partial charge >= 0.3 is 0 Å². The van der Waals surface area contributed by atoms with E-state index in [2.05, 4.69) is 10.1 Å². The molecule has 0 atom stereocenters. The molecule has 2 N–H and O–H groups in total. The number of nitro benzene ring substituents is 1. The van der Waals surface area contributed by atoms with Gasteiger partial charge in [0, 0.05) is 18.0 Å². The number of ether oxygens (including phenoxy) is 1. The third-order valence-corrected chi connectivity index (χ3v) is 4.19. The van der Waals surface area contributed by atoms with Crippen molar-refractivity contribution in [2.24, 2.45) is 4.99 Å². The molecule has 0 aliphatic carbocycles. The van der Waals surface area contributed by atoms with Crippen molar-refractivity contribution in [1.29, 1.82) is 0 Å². The molecule has 0 saturated carbocycles. The van der Waals surface area contributed by atoms with Crippen LogP contribution in [0, 0.1) is 10.1 Å². The van der Waals surface area contributed by atoms with Gasteiger partial charge in [0.05, 0.1) is 23.7 Å². The number of hydrogen-bond acceptors (Lipinski definition) is 6. The smallest absolute Gasteiger partial charge is 0.280 e. The van der Waals surface area contributed by atoms with Crippen LogP contribution in [-0.4, -0.2) is 33.1 Å². The minimum atomic E-state index is -0.611. The van der Waals surface area contributed by atoms with Gasteiger partial charge in [-0.2, -0.15) is 0 Å². The number of non-ortho nitro benzene ring substituents is 1. The largest absolute Gasteiger partial charge is 0.505 e. The second kappa shape index (κ2) is 7.78. The van der Waals surface area contributed by atoms with Crippen molar-refractivity contribution in [3.63, 3.8) is 0 Å². The maximum absolute atomic E-state index is 12.9. The number of phenols is 1. The Morgan fingerprint density at radius 3 is 2.71 bits per heavy atom. The number of aromatic hydroxyl groups is 1. The van der Waals surface area contributed by atoms with Crippen LogP contribution in [0.25, 0.3) is 5.69 Å². The molecule has 0 unspecified atom stereocenters. The van der Waals surface area contributed by atoms with Gasteiger partial charge in [0.15, 0.2) is 0 Å². The van der Waals surface area contributed by atoms with Gasteiger partial charge in [0.2, 0.25) is 0 Å². The third-order valence-electron chi connectivity index (χ3n) is 4.19. The Balaban J connectivity index is 2.04. The van der Waals surface area contributed by atoms with Gasteiger partial charge < -0.3 is 9.84 Å². The lowest BCUT2D eigenvalue weighted by Gasteiger charge is -2.07. The predicted octanol–water partition coefficient (Wildman–Crippen LogP) is 3.10. The number of aliphatic imine (C=N–C) groups is 1. The van der Waals surface area contributed by atoms with Crippen molar-refractivity contribution in [2.75, 3.05) is 7.11 Å². The second-order valence-corrected chi connectivity index (χ2v) is 5.86. The Hall–Kier alpha value is -3.88. The highest BCUT2D eigenvalue weighted by Gasteiger charge is 2.16. The molecule has 0 radical (unpaired) electrons. The number of aromatic nitrogens is 2. The van der Waals surface area contributed by atoms with Gasteiger partial charge in [-0.05, 0) is 24.6 Å². The summed E-state index contributed by atoms with van der Waals surface area (Å²) in [5.41, 5.74) is 1.09. The van der Waals surface area contributed by atoms with Gasteiger partial charge in [-0.25, -0.2) is 4.68 Å². The van der Waals surface area contributed by atoms with E-state index < -0.39 is 4.92 Å². The molecule has 0 spiro atoms. The molecule has 9 nitrogen and oxygen atoms in total. The number of nitrogens with one attached hydrogen (secondary N) is 1. The fourth-order valence-electron chi connectivity index (χ4n) is 2.75. The monoisotopic (exact) mass is 382 g/mol. The molecule has 0 bridgehead atoms. The van der Waals surface area contributed by atoms with Crippen LogP contribution in [-0.2, 0) is 6.42 Å². The first-order valence-corrected chi connectivity index (χ1v) is 8.45. The van der Waals surface area contributed by atoms with Crippen molar-refractivity contribution in [1.82, 2.24) is 9.78 Å². The van der Waals surface area contributed by atoms with E-state index in [1.807, 2.05) is 6.92 Å². The van der Waals surface area contributed by atoms with E-state index in [4.69, 9.17) is 4.74 Å². The number of phenolic OH excluding ortho intramolecular Hbond substituents is 1. The number of aryl methyl sites for hydroxylation is 1. The lowest BCUT2D eigenvalue weighted by molar-refractivity contribution is -0.384. The molecule has 3 rings (SSSR count). The minimum absolute atomic E-state index is 0.122. The van der Waals surface area contributed by atoms with Crippen LogP contribution in [0.15, 0.2) is 52.3 Å². The first-order chi connectivity index (χ1) is 13.5. The van der Waals surface area contributed by atoms with Gasteiger partial charge in [-0.15, -0.1) is 0 Å². The first-order valence-electron chi connectivity index (χ1n) is 8.45. The highest BCUT2D eigenvalue weighted by molar-refractivity contribution is 5.84. The van der Waals surface area contributed by atoms with Crippen molar-refractivity contribution >= 4 is 17.6 Å². The van der Waals surface area contributed by atoms with Crippen molar-refractivity contribution in [3.8, 4) is 17.2 Å². The SMILES string of the molecule is CCc1[nH]n(-c2ccccc2OC)c(=O)c1C=Nc1ccc([N+](=O)[O-])cc1O. The maximum atomic E-state index is 12.9. The normalized spacial score (nSPS) is 11.1. The summed E-state index contributed by atoms with van der Waals surface area (Å²) in [5.74, 6) is 0.189. The van der Waals surface area contributed by atoms with Gasteiger partial charge in [0.25, 0.3) is 11.2 Å². The van der Waals surface area contributed by atoms with Crippen LogP contribution in [0.2, 0.25) is 0 Å². The summed E-state index contributed by atoms with van der Waals surface area (Å²) in [7, 11) is 1.52. The van der Waals surface area contributed by atoms with Crippen LogP contribution in [0.3, 0.4) is 0 Å². The Morgan fingerprint density at radius 1 is 1.32 bits per heavy atom. The Morgan fingerprint density at radius 2 is 2.07 bits per heavy atom. The average molecular weight is 382 g/mol. The molecule has 28 heavy (non-hydrogen) atoms. The zero-order valence-electron chi connectivity index (χ0n) is 15.2. The number of hydrogen-bond donors (Lipinski definition) is 2. The molecule has 9 heteroatoms. The lowest BCUT2D eigenvalue weighted by Crippen LogP contribution is -2.17. The molecule has 0 fully saturated rings. The van der Waals surface area contributed by atoms with Gasteiger partial charge in [-0.1, -0.05) is 19.1 Å². The molecule has 1 heterocycles. The predicted molar refractivity (Wildman–Crippen MR) is 104 cm³/mol. The van der Waals surface area contributed by atoms with E-state index in [1.54, 1.807) is 24.3 Å². The summed E-state index contributed by atoms with van der Waals surface area (Å²) in [5, 5.41) is 23.7. The minimum Gasteiger partial charge on any atom is -0.505 e. The first kappa shape index (κ1) is 18.9. The number of aromatic amines is 1. The lowest BCUT2D eigenvalue weighted by atomic mass is 10.2. The number of nitro groups is 1. The van der Waals surface area contributed by atoms with Crippen LogP contribution < -0.4 is 10.3 Å². The summed E-state index contributed by atoms with van der Waals surface area (Å²) in [6.45, 7) is 1.89. The second-order valence-electron chi connectivity index (χ2n) is 5.86. The van der Waals surface area contributed by atoms with E-state index in [-0.39, 0.29) is 22.7 Å². The highest BCUT2D eigenvalue weighted by Crippen LogP contribution is 2.30. The highest BCUT2D eigenvalue weighted by atomic mass is 16.6. The zero-order chi connectivity index (χ0) is 20.3. The van der Waals surface area contributed by atoms with Crippen molar-refractivity contribution < 1.29 is 14.8 Å². The topological polar surface area (TPSA) is 123 Å². The van der Waals surface area contributed by atoms with E-state index >= 15 is 0 Å². The summed E-state index contributed by atoms with van der Waals surface area (Å²) >= 11 is 0. The molecule has 144 valence electrons. The van der Waals surface area contributed by atoms with E-state index in [0.29, 0.717) is 29.1 Å². The van der Waals surface area contributed by atoms with Gasteiger partial charge in [0.1, 0.15) is 22.9 Å². The number of methoxy groups -OCH3 is 1. The number of para-hydroxylation sites is 2. The summed E-state index contributed by atoms with van der Waals surface area (Å²) in [6.07, 6.45) is 1.88. The number of H-pyrrole nitrogens is 1. The summed E-state index contributed by atoms with van der Waals surface area (Å²) in [6, 6.07) is 10.7. The molecular formula is C19H18N4O5. The molecule has 0 aliphatic rings. The average Bonchev–Trinajstić information content (AvgIpc) is 3.02. The van der Waals surface area contributed by atoms with Gasteiger partial charge in [-0.3, -0.25) is 25.0 Å². The number of nitrogens with zero attached hydrogens (tertiary/aromatic N) is 3. The Kier molecular flexibility index (Phi) is 5.25. The number of benzene rings is 2.